The van der Waals surface area contributed by atoms with Gasteiger partial charge in [-0.05, 0) is 13.0 Å². The van der Waals surface area contributed by atoms with Gasteiger partial charge in [0, 0.05) is 11.6 Å². The first kappa shape index (κ1) is 11.1. The summed E-state index contributed by atoms with van der Waals surface area (Å²) in [6, 6.07) is 3.71. The lowest BCUT2D eigenvalue weighted by Crippen LogP contribution is -3.00. The van der Waals surface area contributed by atoms with Crippen LogP contribution in [0.5, 0.6) is 0 Å². The maximum atomic E-state index is 10.9. The minimum absolute atomic E-state index is 0. The van der Waals surface area contributed by atoms with E-state index in [1.807, 2.05) is 13.0 Å². The van der Waals surface area contributed by atoms with E-state index in [1.54, 1.807) is 18.5 Å². The number of aromatic nitrogens is 1. The molecule has 0 spiro atoms. The molecule has 0 amide bonds. The van der Waals surface area contributed by atoms with Crippen molar-refractivity contribution in [3.63, 3.8) is 0 Å². The summed E-state index contributed by atoms with van der Waals surface area (Å²) < 4.78 is 5.91. The quantitative estimate of drug-likeness (QED) is 0.480. The highest BCUT2D eigenvalue weighted by Crippen LogP contribution is 1.89. The number of carbonyl (C=O) groups is 1. The Morgan fingerprint density at radius 3 is 2.75 bits per heavy atom. The molecule has 0 aliphatic heterocycles. The lowest BCUT2D eigenvalue weighted by Gasteiger charge is -1.91. The molecule has 0 bridgehead atoms. The molecule has 0 unspecified atom stereocenters. The molecule has 1 aromatic heterocycles. The van der Waals surface area contributed by atoms with Crippen molar-refractivity contribution in [1.82, 2.24) is 0 Å². The maximum absolute atomic E-state index is 10.9. The number of aryl methyl sites for hydroxylation is 1. The Morgan fingerprint density at radius 1 is 1.58 bits per heavy atom. The van der Waals surface area contributed by atoms with E-state index >= 15 is 0 Å². The highest BCUT2D eigenvalue weighted by Gasteiger charge is 2.12. The van der Waals surface area contributed by atoms with Crippen LogP contribution in [0.4, 0.5) is 4.79 Å². The van der Waals surface area contributed by atoms with E-state index in [-0.39, 0.29) is 23.1 Å². The molecule has 0 N–H and O–H groups in total. The molecule has 0 fully saturated rings. The second-order valence-corrected chi connectivity index (χ2v) is 2.26. The first-order valence-electron chi connectivity index (χ1n) is 3.30. The third-order valence-electron chi connectivity index (χ3n) is 1.33. The minimum Gasteiger partial charge on any atom is -1.00 e. The zero-order valence-electron chi connectivity index (χ0n) is 6.95. The number of nitrogens with zero attached hydrogens (tertiary/aromatic N) is 1. The monoisotopic (exact) mass is 231 g/mol. The van der Waals surface area contributed by atoms with Crippen LogP contribution in [0, 0.1) is 6.92 Å². The highest BCUT2D eigenvalue weighted by atomic mass is 79.9. The van der Waals surface area contributed by atoms with Gasteiger partial charge >= 0.3 is 6.09 Å². The third-order valence-corrected chi connectivity index (χ3v) is 1.33. The van der Waals surface area contributed by atoms with Crippen molar-refractivity contribution >= 4 is 6.09 Å². The molecule has 4 heteroatoms. The van der Waals surface area contributed by atoms with Crippen molar-refractivity contribution in [1.29, 1.82) is 0 Å². The van der Waals surface area contributed by atoms with Crippen LogP contribution in [0.2, 0.25) is 0 Å². The maximum Gasteiger partial charge on any atom is 0.601 e. The fourth-order valence-electron chi connectivity index (χ4n) is 0.812. The Hall–Kier alpha value is -0.900. The number of hydrogen-bond donors (Lipinski definition) is 0. The molecule has 0 saturated carbocycles. The predicted molar refractivity (Wildman–Crippen MR) is 39.2 cm³/mol. The van der Waals surface area contributed by atoms with Crippen molar-refractivity contribution in [2.24, 2.45) is 0 Å². The van der Waals surface area contributed by atoms with Crippen molar-refractivity contribution in [2.45, 2.75) is 6.92 Å². The van der Waals surface area contributed by atoms with Gasteiger partial charge in [-0.25, -0.2) is 0 Å². The van der Waals surface area contributed by atoms with Gasteiger partial charge in [-0.2, -0.15) is 4.79 Å². The summed E-state index contributed by atoms with van der Waals surface area (Å²) >= 11 is 0. The molecule has 0 saturated heterocycles. The van der Waals surface area contributed by atoms with E-state index < -0.39 is 0 Å². The molecule has 3 nitrogen and oxygen atoms in total. The van der Waals surface area contributed by atoms with Crippen molar-refractivity contribution in [2.75, 3.05) is 7.11 Å². The number of hydrogen-bond acceptors (Lipinski definition) is 2. The molecule has 1 heterocycles. The second kappa shape index (κ2) is 4.87. The standard InChI is InChI=1S/C8H10NO2.BrH/c1-7-4-3-5-9(6-7)8(10)11-2;/h3-6H,1-2H3;1H/q+1;/p-1. The first-order valence-corrected chi connectivity index (χ1v) is 3.30. The van der Waals surface area contributed by atoms with Gasteiger partial charge in [0.1, 0.15) is 0 Å². The van der Waals surface area contributed by atoms with Crippen LogP contribution in [0.1, 0.15) is 5.56 Å². The van der Waals surface area contributed by atoms with E-state index in [1.165, 1.54) is 11.7 Å². The molecular formula is C8H10BrNO2. The summed E-state index contributed by atoms with van der Waals surface area (Å²) in [6.45, 7) is 1.92. The molecule has 12 heavy (non-hydrogen) atoms. The number of pyridine rings is 1. The van der Waals surface area contributed by atoms with Crippen LogP contribution in [-0.4, -0.2) is 13.2 Å². The van der Waals surface area contributed by atoms with Gasteiger partial charge in [0.2, 0.25) is 0 Å². The van der Waals surface area contributed by atoms with Crippen molar-refractivity contribution in [3.05, 3.63) is 30.1 Å². The topological polar surface area (TPSA) is 30.2 Å². The van der Waals surface area contributed by atoms with Crippen LogP contribution in [0.15, 0.2) is 24.5 Å². The molecule has 66 valence electrons. The first-order chi connectivity index (χ1) is 5.24. The molecular weight excluding hydrogens is 222 g/mol. The zero-order valence-corrected chi connectivity index (χ0v) is 8.54. The molecule has 1 aromatic rings. The fourth-order valence-corrected chi connectivity index (χ4v) is 0.812. The van der Waals surface area contributed by atoms with E-state index in [2.05, 4.69) is 4.74 Å². The summed E-state index contributed by atoms with van der Waals surface area (Å²) in [7, 11) is 1.36. The Balaban J connectivity index is 0.00000121. The van der Waals surface area contributed by atoms with Gasteiger partial charge in [-0.1, -0.05) is 4.57 Å². The van der Waals surface area contributed by atoms with Gasteiger partial charge in [0.15, 0.2) is 12.4 Å². The summed E-state index contributed by atoms with van der Waals surface area (Å²) in [5, 5.41) is 0. The largest absolute Gasteiger partial charge is 1.00 e. The summed E-state index contributed by atoms with van der Waals surface area (Å²) in [5.41, 5.74) is 1.03. The fraction of sp³-hybridized carbons (Fsp3) is 0.250. The summed E-state index contributed by atoms with van der Waals surface area (Å²) in [4.78, 5) is 10.9. The second-order valence-electron chi connectivity index (χ2n) is 2.26. The Kier molecular flexibility index (Phi) is 4.51. The average molecular weight is 232 g/mol. The van der Waals surface area contributed by atoms with Crippen LogP contribution < -0.4 is 21.5 Å². The van der Waals surface area contributed by atoms with Gasteiger partial charge in [0.25, 0.3) is 0 Å². The lowest BCUT2D eigenvalue weighted by atomic mass is 10.3. The molecule has 0 aliphatic carbocycles. The van der Waals surface area contributed by atoms with Gasteiger partial charge in [-0.15, -0.1) is 0 Å². The lowest BCUT2D eigenvalue weighted by molar-refractivity contribution is -0.585. The van der Waals surface area contributed by atoms with E-state index in [0.717, 1.165) is 5.56 Å². The number of carbonyl (C=O) groups excluding carboxylic acids is 1. The van der Waals surface area contributed by atoms with Crippen LogP contribution in [0.25, 0.3) is 0 Å². The Morgan fingerprint density at radius 2 is 2.25 bits per heavy atom. The van der Waals surface area contributed by atoms with E-state index in [4.69, 9.17) is 0 Å². The molecule has 0 atom stereocenters. The number of ether oxygens (including phenoxy) is 1. The molecule has 0 radical (unpaired) electrons. The van der Waals surface area contributed by atoms with Crippen molar-refractivity contribution < 1.29 is 31.1 Å². The summed E-state index contributed by atoms with van der Waals surface area (Å²) in [5.74, 6) is 0. The van der Waals surface area contributed by atoms with Crippen LogP contribution in [-0.2, 0) is 4.74 Å². The Labute approximate surface area is 81.7 Å². The minimum atomic E-state index is -0.367. The average Bonchev–Trinajstić information content (AvgIpc) is 2.03. The van der Waals surface area contributed by atoms with Crippen LogP contribution in [0.3, 0.4) is 0 Å². The third kappa shape index (κ3) is 2.62. The zero-order chi connectivity index (χ0) is 8.27. The van der Waals surface area contributed by atoms with Gasteiger partial charge in [0.05, 0.1) is 7.11 Å². The van der Waals surface area contributed by atoms with E-state index in [9.17, 15) is 4.79 Å². The highest BCUT2D eigenvalue weighted by molar-refractivity contribution is 5.56. The SMILES string of the molecule is COC(=O)[n+]1cccc(C)c1.[Br-]. The van der Waals surface area contributed by atoms with E-state index in [0.29, 0.717) is 0 Å². The van der Waals surface area contributed by atoms with Gasteiger partial charge < -0.3 is 21.7 Å². The predicted octanol–water partition coefficient (Wildman–Crippen LogP) is -2.10. The van der Waals surface area contributed by atoms with Gasteiger partial charge in [-0.3, -0.25) is 0 Å². The number of rotatable bonds is 0. The Bertz CT molecular complexity index is 276. The summed E-state index contributed by atoms with van der Waals surface area (Å²) in [6.07, 6.45) is 3.00. The normalized spacial score (nSPS) is 8.50. The molecule has 0 aliphatic rings. The number of methoxy groups -OCH3 is 1. The molecule has 0 aromatic carbocycles. The van der Waals surface area contributed by atoms with Crippen LogP contribution >= 0.6 is 0 Å². The van der Waals surface area contributed by atoms with Crippen molar-refractivity contribution in [3.8, 4) is 0 Å². The smallest absolute Gasteiger partial charge is 0.601 e. The number of halogens is 1. The molecule has 1 rings (SSSR count).